The first kappa shape index (κ1) is 16.2. The van der Waals surface area contributed by atoms with Crippen molar-refractivity contribution in [3.8, 4) is 0 Å². The van der Waals surface area contributed by atoms with Crippen LogP contribution < -0.4 is 10.6 Å². The maximum atomic E-state index is 11.9. The maximum absolute atomic E-state index is 11.9. The molecule has 1 aromatic carbocycles. The van der Waals surface area contributed by atoms with Crippen LogP contribution in [0.2, 0.25) is 0 Å². The van der Waals surface area contributed by atoms with E-state index in [1.165, 1.54) is 12.7 Å². The molecule has 0 fully saturated rings. The van der Waals surface area contributed by atoms with E-state index in [0.717, 1.165) is 0 Å². The first-order valence-corrected chi connectivity index (χ1v) is 6.74. The van der Waals surface area contributed by atoms with Crippen LogP contribution in [0.25, 0.3) is 0 Å². The molecule has 3 N–H and O–H groups in total. The molecule has 110 valence electrons. The molecular weight excluding hydrogens is 256 g/mol. The van der Waals surface area contributed by atoms with Crippen molar-refractivity contribution >= 4 is 12.0 Å². The lowest BCUT2D eigenvalue weighted by atomic mass is 9.95. The van der Waals surface area contributed by atoms with Crippen LogP contribution >= 0.6 is 0 Å². The van der Waals surface area contributed by atoms with Crippen LogP contribution in [0.3, 0.4) is 0 Å². The minimum Gasteiger partial charge on any atom is -0.453 e. The summed E-state index contributed by atoms with van der Waals surface area (Å²) < 4.78 is 4.42. The fraction of sp³-hybridized carbons (Fsp3) is 0.467. The van der Waals surface area contributed by atoms with E-state index in [1.807, 2.05) is 35.6 Å². The second-order valence-corrected chi connectivity index (χ2v) is 5.14. The van der Waals surface area contributed by atoms with Crippen molar-refractivity contribution in [3.63, 3.8) is 0 Å². The molecule has 5 nitrogen and oxygen atoms in total. The average molecular weight is 279 g/mol. The number of carbonyl (C=O) groups is 2. The second kappa shape index (κ2) is 7.65. The van der Waals surface area contributed by atoms with Gasteiger partial charge in [-0.15, -0.1) is 0 Å². The zero-order valence-corrected chi connectivity index (χ0v) is 12.4. The Morgan fingerprint density at radius 2 is 1.75 bits per heavy atom. The zero-order valence-electron chi connectivity index (χ0n) is 12.4. The van der Waals surface area contributed by atoms with Crippen molar-refractivity contribution in [1.29, 1.82) is 0 Å². The number of hydrogen-bond donors (Lipinski definition) is 2. The molecule has 0 radical (unpaired) electrons. The number of hydrogen-bond acceptors (Lipinski definition) is 3. The van der Waals surface area contributed by atoms with Gasteiger partial charge in [-0.3, -0.25) is 10.1 Å². The molecule has 0 aliphatic carbocycles. The number of ether oxygens (including phenoxy) is 1. The van der Waals surface area contributed by atoms with Crippen LogP contribution in [0.1, 0.15) is 32.4 Å². The van der Waals surface area contributed by atoms with Gasteiger partial charge in [0.15, 0.2) is 6.04 Å². The number of rotatable bonds is 5. The minimum atomic E-state index is -0.726. The largest absolute Gasteiger partial charge is 0.453 e. The summed E-state index contributed by atoms with van der Waals surface area (Å²) in [5.41, 5.74) is 1.17. The normalized spacial score (nSPS) is 13.7. The van der Waals surface area contributed by atoms with E-state index in [1.54, 1.807) is 6.92 Å². The number of nitrogens with one attached hydrogen (secondary N) is 1. The van der Waals surface area contributed by atoms with Gasteiger partial charge < -0.3 is 10.1 Å². The van der Waals surface area contributed by atoms with E-state index in [2.05, 4.69) is 23.9 Å². The van der Waals surface area contributed by atoms with E-state index in [-0.39, 0.29) is 18.0 Å². The predicted molar refractivity (Wildman–Crippen MR) is 76.0 cm³/mol. The summed E-state index contributed by atoms with van der Waals surface area (Å²) in [7, 11) is 1.23. The Hall–Kier alpha value is -1.88. The Morgan fingerprint density at radius 3 is 2.25 bits per heavy atom. The summed E-state index contributed by atoms with van der Waals surface area (Å²) in [4.78, 5) is 22.9. The summed E-state index contributed by atoms with van der Waals surface area (Å²) in [5, 5.41) is 4.16. The monoisotopic (exact) mass is 279 g/mol. The van der Waals surface area contributed by atoms with Gasteiger partial charge in [-0.25, -0.2) is 4.79 Å². The smallest absolute Gasteiger partial charge is 0.413 e. The lowest BCUT2D eigenvalue weighted by molar-refractivity contribution is -0.719. The third-order valence-electron chi connectivity index (χ3n) is 3.22. The first-order chi connectivity index (χ1) is 9.45. The standard InChI is InChI=1S/C15H22N2O3/c1-10(2)13(12-8-6-5-7-9-12)16-11(3)14(18)17-15(19)20-4/h5-11,13,16H,1-4H3,(H,17,18,19)/p+1/t11-,13-/m1/s1. The van der Waals surface area contributed by atoms with E-state index in [4.69, 9.17) is 0 Å². The van der Waals surface area contributed by atoms with Gasteiger partial charge in [0.1, 0.15) is 6.04 Å². The number of imide groups is 1. The molecule has 0 aliphatic heterocycles. The molecule has 0 unspecified atom stereocenters. The number of methoxy groups -OCH3 is 1. The third-order valence-corrected chi connectivity index (χ3v) is 3.22. The Balaban J connectivity index is 2.71. The third kappa shape index (κ3) is 4.66. The predicted octanol–water partition coefficient (Wildman–Crippen LogP) is 1.22. The molecule has 2 amide bonds. The molecular formula is C15H23N2O3+. The molecule has 2 atom stereocenters. The number of benzene rings is 1. The second-order valence-electron chi connectivity index (χ2n) is 5.14. The Morgan fingerprint density at radius 1 is 1.15 bits per heavy atom. The minimum absolute atomic E-state index is 0.162. The molecule has 0 saturated carbocycles. The van der Waals surface area contributed by atoms with Gasteiger partial charge in [0, 0.05) is 11.5 Å². The van der Waals surface area contributed by atoms with Crippen molar-refractivity contribution in [3.05, 3.63) is 35.9 Å². The van der Waals surface area contributed by atoms with E-state index >= 15 is 0 Å². The highest BCUT2D eigenvalue weighted by atomic mass is 16.5. The van der Waals surface area contributed by atoms with Gasteiger partial charge in [-0.05, 0) is 6.92 Å². The Bertz CT molecular complexity index is 446. The van der Waals surface area contributed by atoms with Crippen LogP contribution in [0.5, 0.6) is 0 Å². The van der Waals surface area contributed by atoms with Crippen LogP contribution in [0.4, 0.5) is 4.79 Å². The quantitative estimate of drug-likeness (QED) is 0.851. The Kier molecular flexibility index (Phi) is 6.18. The molecule has 5 heteroatoms. The van der Waals surface area contributed by atoms with Gasteiger partial charge in [-0.2, -0.15) is 0 Å². The van der Waals surface area contributed by atoms with Gasteiger partial charge in [0.05, 0.1) is 7.11 Å². The van der Waals surface area contributed by atoms with Crippen molar-refractivity contribution in [2.24, 2.45) is 5.92 Å². The van der Waals surface area contributed by atoms with Gasteiger partial charge in [0.25, 0.3) is 5.91 Å². The highest BCUT2D eigenvalue weighted by Crippen LogP contribution is 2.17. The SMILES string of the molecule is COC(=O)NC(=O)[C@@H](C)[NH2+][C@@H](c1ccccc1)C(C)C. The Labute approximate surface area is 119 Å². The molecule has 0 spiro atoms. The van der Waals surface area contributed by atoms with Gasteiger partial charge in [-0.1, -0.05) is 44.2 Å². The zero-order chi connectivity index (χ0) is 15.1. The highest BCUT2D eigenvalue weighted by Gasteiger charge is 2.26. The number of alkyl carbamates (subject to hydrolysis) is 1. The van der Waals surface area contributed by atoms with Crippen LogP contribution in [0, 0.1) is 5.92 Å². The molecule has 0 aromatic heterocycles. The molecule has 0 bridgehead atoms. The van der Waals surface area contributed by atoms with Crippen molar-refractivity contribution in [2.75, 3.05) is 7.11 Å². The van der Waals surface area contributed by atoms with Crippen molar-refractivity contribution in [2.45, 2.75) is 32.9 Å². The molecule has 0 aliphatic rings. The fourth-order valence-corrected chi connectivity index (χ4v) is 2.06. The van der Waals surface area contributed by atoms with E-state index < -0.39 is 6.09 Å². The number of carbonyl (C=O) groups excluding carboxylic acids is 2. The lowest BCUT2D eigenvalue weighted by Crippen LogP contribution is -2.93. The number of amides is 2. The maximum Gasteiger partial charge on any atom is 0.413 e. The average Bonchev–Trinajstić information content (AvgIpc) is 2.44. The first-order valence-electron chi connectivity index (χ1n) is 6.74. The number of quaternary nitrogens is 1. The molecule has 20 heavy (non-hydrogen) atoms. The molecule has 1 aromatic rings. The molecule has 0 heterocycles. The summed E-state index contributed by atoms with van der Waals surface area (Å²) in [6, 6.07) is 9.82. The van der Waals surface area contributed by atoms with Crippen molar-refractivity contribution < 1.29 is 19.6 Å². The summed E-state index contributed by atoms with van der Waals surface area (Å²) in [5.74, 6) is 0.0178. The van der Waals surface area contributed by atoms with Gasteiger partial charge >= 0.3 is 6.09 Å². The summed E-state index contributed by atoms with van der Waals surface area (Å²) in [6.07, 6.45) is -0.726. The highest BCUT2D eigenvalue weighted by molar-refractivity contribution is 5.93. The van der Waals surface area contributed by atoms with E-state index in [0.29, 0.717) is 5.92 Å². The van der Waals surface area contributed by atoms with Crippen molar-refractivity contribution in [1.82, 2.24) is 5.32 Å². The summed E-state index contributed by atoms with van der Waals surface area (Å²) >= 11 is 0. The van der Waals surface area contributed by atoms with E-state index in [9.17, 15) is 9.59 Å². The molecule has 0 saturated heterocycles. The van der Waals surface area contributed by atoms with Crippen LogP contribution in [-0.2, 0) is 9.53 Å². The topological polar surface area (TPSA) is 72.0 Å². The number of nitrogens with two attached hydrogens (primary N) is 1. The fourth-order valence-electron chi connectivity index (χ4n) is 2.06. The lowest BCUT2D eigenvalue weighted by Gasteiger charge is -2.22. The van der Waals surface area contributed by atoms with Gasteiger partial charge in [0.2, 0.25) is 0 Å². The van der Waals surface area contributed by atoms with Crippen LogP contribution in [-0.4, -0.2) is 25.2 Å². The summed E-state index contributed by atoms with van der Waals surface area (Å²) in [6.45, 7) is 5.99. The molecule has 1 rings (SSSR count). The van der Waals surface area contributed by atoms with Crippen LogP contribution in [0.15, 0.2) is 30.3 Å².